The second-order valence-electron chi connectivity index (χ2n) is 9.49. The normalized spacial score (nSPS) is 19.9. The number of alkyl carbamates (subject to hydrolysis) is 1. The Morgan fingerprint density at radius 3 is 2.24 bits per heavy atom. The second-order valence-corrected chi connectivity index (χ2v) is 9.49. The van der Waals surface area contributed by atoms with Crippen molar-refractivity contribution in [2.24, 2.45) is 11.8 Å². The van der Waals surface area contributed by atoms with Gasteiger partial charge in [-0.05, 0) is 42.7 Å². The number of nitrogens with zero attached hydrogens (tertiary/aromatic N) is 2. The quantitative estimate of drug-likeness (QED) is 0.256. The first-order chi connectivity index (χ1) is 18.0. The van der Waals surface area contributed by atoms with Gasteiger partial charge in [-0.1, -0.05) is 60.7 Å². The fourth-order valence-corrected chi connectivity index (χ4v) is 5.12. The Balaban J connectivity index is 1.49. The first kappa shape index (κ1) is 24.5. The van der Waals surface area contributed by atoms with Gasteiger partial charge < -0.3 is 14.8 Å². The highest BCUT2D eigenvalue weighted by Crippen LogP contribution is 2.43. The molecule has 3 aliphatic rings. The number of ether oxygens (including phenoxy) is 2. The fraction of sp³-hybridized carbons (Fsp3) is 0.333. The maximum atomic E-state index is 13.7. The van der Waals surface area contributed by atoms with E-state index in [2.05, 4.69) is 15.7 Å². The lowest BCUT2D eigenvalue weighted by molar-refractivity contribution is 0.0940. The van der Waals surface area contributed by atoms with Crippen LogP contribution in [0.3, 0.4) is 0 Å². The summed E-state index contributed by atoms with van der Waals surface area (Å²) < 4.78 is 12.9. The third-order valence-electron chi connectivity index (χ3n) is 7.08. The van der Waals surface area contributed by atoms with Crippen LogP contribution in [0, 0.1) is 5.92 Å². The molecule has 1 aromatic heterocycles. The van der Waals surface area contributed by atoms with E-state index >= 15 is 0 Å². The summed E-state index contributed by atoms with van der Waals surface area (Å²) in [5, 5.41) is 2.99. The third kappa shape index (κ3) is 5.05. The lowest BCUT2D eigenvalue weighted by atomic mass is 9.77. The highest BCUT2D eigenvalue weighted by Gasteiger charge is 2.46. The number of rotatable bonds is 7. The van der Waals surface area contributed by atoms with Crippen LogP contribution < -0.4 is 26.9 Å². The molecule has 6 rings (SSSR count). The number of hydrazine groups is 1. The Labute approximate surface area is 213 Å². The Kier molecular flexibility index (Phi) is 6.91. The zero-order chi connectivity index (χ0) is 25.8. The van der Waals surface area contributed by atoms with Gasteiger partial charge in [-0.3, -0.25) is 19.6 Å². The first-order valence-corrected chi connectivity index (χ1v) is 12.3. The Morgan fingerprint density at radius 1 is 1.00 bits per heavy atom. The summed E-state index contributed by atoms with van der Waals surface area (Å²) in [5.74, 6) is 5.08. The van der Waals surface area contributed by atoms with E-state index in [1.807, 2.05) is 60.7 Å². The molecule has 1 fully saturated rings. The van der Waals surface area contributed by atoms with Crippen molar-refractivity contribution in [1.82, 2.24) is 20.3 Å². The Hall–Kier alpha value is -4.18. The van der Waals surface area contributed by atoms with E-state index in [1.54, 1.807) is 0 Å². The average Bonchev–Trinajstić information content (AvgIpc) is 3.18. The number of hydrogen-bond acceptors (Lipinski definition) is 7. The molecular formula is C27H29N5O5. The van der Waals surface area contributed by atoms with E-state index in [0.717, 1.165) is 24.0 Å². The zero-order valence-corrected chi connectivity index (χ0v) is 20.3. The van der Waals surface area contributed by atoms with Crippen LogP contribution >= 0.6 is 0 Å². The number of aromatic nitrogens is 2. The average molecular weight is 504 g/mol. The minimum Gasteiger partial charge on any atom is -0.481 e. The molecule has 1 saturated carbocycles. The third-order valence-corrected chi connectivity index (χ3v) is 7.08. The van der Waals surface area contributed by atoms with Gasteiger partial charge in [0.25, 0.3) is 11.5 Å². The number of nitrogens with two attached hydrogens (primary N) is 1. The van der Waals surface area contributed by atoms with Crippen LogP contribution in [0.4, 0.5) is 4.79 Å². The summed E-state index contributed by atoms with van der Waals surface area (Å²) in [6.07, 6.45) is 2.11. The standard InChI is InChI=1S/C27H29N5O5/c28-31-23(33)21-22(36-16-19-7-3-1-4-8-19)24(34)32-15-18-11-13-27(14-12-18,25(32)29-21)30-26(35)37-17-20-9-5-2-6-10-20/h1-10,18H,11-17,28H2,(H,30,35)(H,31,33). The molecule has 0 saturated heterocycles. The molecule has 192 valence electrons. The van der Waals surface area contributed by atoms with Crippen molar-refractivity contribution in [3.05, 3.63) is 93.7 Å². The van der Waals surface area contributed by atoms with E-state index in [-0.39, 0.29) is 30.6 Å². The lowest BCUT2D eigenvalue weighted by Crippen LogP contribution is -2.50. The summed E-state index contributed by atoms with van der Waals surface area (Å²) >= 11 is 0. The van der Waals surface area contributed by atoms with Crippen LogP contribution in [0.15, 0.2) is 65.5 Å². The molecule has 10 nitrogen and oxygen atoms in total. The largest absolute Gasteiger partial charge is 0.481 e. The van der Waals surface area contributed by atoms with Gasteiger partial charge in [0.1, 0.15) is 24.6 Å². The van der Waals surface area contributed by atoms with Crippen LogP contribution in [0.5, 0.6) is 5.75 Å². The monoisotopic (exact) mass is 503 g/mol. The molecule has 0 atom stereocenters. The summed E-state index contributed by atoms with van der Waals surface area (Å²) in [6, 6.07) is 18.7. The fourth-order valence-electron chi connectivity index (χ4n) is 5.12. The summed E-state index contributed by atoms with van der Waals surface area (Å²) in [4.78, 5) is 44.0. The SMILES string of the molecule is NNC(=O)c1nc2n(c(=O)c1OCc1ccccc1)CC1CCC2(NC(=O)OCc2ccccc2)CC1. The molecule has 0 radical (unpaired) electrons. The zero-order valence-electron chi connectivity index (χ0n) is 20.3. The Bertz CT molecular complexity index is 1330. The van der Waals surface area contributed by atoms with Gasteiger partial charge >= 0.3 is 6.09 Å². The van der Waals surface area contributed by atoms with Crippen molar-refractivity contribution >= 4 is 12.0 Å². The van der Waals surface area contributed by atoms with Crippen LogP contribution in [0.1, 0.15) is 53.1 Å². The van der Waals surface area contributed by atoms with Crippen LogP contribution in [0.2, 0.25) is 0 Å². The van der Waals surface area contributed by atoms with Crippen LogP contribution in [-0.2, 0) is 30.0 Å². The maximum absolute atomic E-state index is 13.7. The highest BCUT2D eigenvalue weighted by molar-refractivity contribution is 5.94. The van der Waals surface area contributed by atoms with E-state index in [1.165, 1.54) is 4.57 Å². The molecule has 2 amide bonds. The molecule has 0 spiro atoms. The Morgan fingerprint density at radius 2 is 1.62 bits per heavy atom. The number of benzene rings is 2. The van der Waals surface area contributed by atoms with Crippen molar-refractivity contribution in [3.63, 3.8) is 0 Å². The number of amides is 2. The molecule has 37 heavy (non-hydrogen) atoms. The highest BCUT2D eigenvalue weighted by atomic mass is 16.5. The van der Waals surface area contributed by atoms with Gasteiger partial charge in [0, 0.05) is 6.54 Å². The van der Waals surface area contributed by atoms with Crippen molar-refractivity contribution in [1.29, 1.82) is 0 Å². The summed E-state index contributed by atoms with van der Waals surface area (Å²) in [5.41, 5.74) is 2.11. The van der Waals surface area contributed by atoms with E-state index in [9.17, 15) is 14.4 Å². The predicted octanol–water partition coefficient (Wildman–Crippen LogP) is 2.75. The number of carbonyl (C=O) groups is 2. The molecule has 2 bridgehead atoms. The maximum Gasteiger partial charge on any atom is 0.408 e. The number of fused-ring (bicyclic) bond motifs is 2. The van der Waals surface area contributed by atoms with Gasteiger partial charge in [-0.15, -0.1) is 0 Å². The molecule has 3 heterocycles. The number of nitrogens with one attached hydrogen (secondary N) is 2. The summed E-state index contributed by atoms with van der Waals surface area (Å²) in [7, 11) is 0. The number of carbonyl (C=O) groups excluding carboxylic acids is 2. The second kappa shape index (κ2) is 10.4. The van der Waals surface area contributed by atoms with Gasteiger partial charge in [-0.25, -0.2) is 15.6 Å². The number of nitrogen functional groups attached to an aromatic ring is 1. The minimum absolute atomic E-state index is 0.0839. The molecule has 2 aromatic carbocycles. The molecule has 10 heteroatoms. The lowest BCUT2D eigenvalue weighted by Gasteiger charge is -2.36. The number of hydrogen-bond donors (Lipinski definition) is 3. The molecule has 4 N–H and O–H groups in total. The van der Waals surface area contributed by atoms with Crippen LogP contribution in [-0.4, -0.2) is 21.6 Å². The van der Waals surface area contributed by atoms with Crippen molar-refractivity contribution in [2.75, 3.05) is 0 Å². The molecule has 1 aliphatic carbocycles. The molecule has 0 unspecified atom stereocenters. The van der Waals surface area contributed by atoms with E-state index < -0.39 is 23.1 Å². The van der Waals surface area contributed by atoms with Crippen LogP contribution in [0.25, 0.3) is 0 Å². The van der Waals surface area contributed by atoms with Gasteiger partial charge in [0.2, 0.25) is 5.75 Å². The summed E-state index contributed by atoms with van der Waals surface area (Å²) in [6.45, 7) is 0.620. The van der Waals surface area contributed by atoms with Crippen molar-refractivity contribution < 1.29 is 19.1 Å². The van der Waals surface area contributed by atoms with E-state index in [4.69, 9.17) is 15.3 Å². The minimum atomic E-state index is -0.957. The first-order valence-electron chi connectivity index (χ1n) is 12.3. The van der Waals surface area contributed by atoms with Crippen molar-refractivity contribution in [2.45, 2.75) is 51.0 Å². The van der Waals surface area contributed by atoms with Gasteiger partial charge in [0.05, 0.1) is 0 Å². The topological polar surface area (TPSA) is 138 Å². The van der Waals surface area contributed by atoms with Gasteiger partial charge in [-0.2, -0.15) is 0 Å². The predicted molar refractivity (Wildman–Crippen MR) is 134 cm³/mol. The van der Waals surface area contributed by atoms with Gasteiger partial charge in [0.15, 0.2) is 5.69 Å². The smallest absolute Gasteiger partial charge is 0.408 e. The molecular weight excluding hydrogens is 474 g/mol. The molecule has 3 aromatic rings. The van der Waals surface area contributed by atoms with E-state index in [0.29, 0.717) is 25.2 Å². The van der Waals surface area contributed by atoms with Crippen molar-refractivity contribution in [3.8, 4) is 5.75 Å². The molecule has 2 aliphatic heterocycles.